The summed E-state index contributed by atoms with van der Waals surface area (Å²) >= 11 is 0. The van der Waals surface area contributed by atoms with Crippen molar-refractivity contribution in [3.8, 4) is 66.8 Å². The molecule has 0 radical (unpaired) electrons. The highest BCUT2D eigenvalue weighted by molar-refractivity contribution is 6.59. The summed E-state index contributed by atoms with van der Waals surface area (Å²) in [6.45, 7) is 0. The molecule has 0 aliphatic carbocycles. The minimum atomic E-state index is -1.50. The lowest BCUT2D eigenvalue weighted by molar-refractivity contribution is 0.424. The molecule has 246 valence electrons. The molecule has 0 unspecified atom stereocenters. The number of rotatable bonds is 9. The number of benzene rings is 7. The first-order valence-electron chi connectivity index (χ1n) is 16.6. The van der Waals surface area contributed by atoms with Crippen molar-refractivity contribution in [2.45, 2.75) is 0 Å². The van der Waals surface area contributed by atoms with Crippen LogP contribution in [0.1, 0.15) is 0 Å². The van der Waals surface area contributed by atoms with Gasteiger partial charge in [-0.2, -0.15) is 0 Å². The Morgan fingerprint density at radius 3 is 0.490 bits per heavy atom. The van der Waals surface area contributed by atoms with E-state index in [-0.39, 0.29) is 0 Å². The van der Waals surface area contributed by atoms with Gasteiger partial charge in [-0.1, -0.05) is 146 Å². The molecule has 6 nitrogen and oxygen atoms in total. The predicted molar refractivity (Wildman–Crippen MR) is 209 cm³/mol. The van der Waals surface area contributed by atoms with E-state index in [1.165, 1.54) is 0 Å². The first-order valence-corrected chi connectivity index (χ1v) is 16.6. The second-order valence-electron chi connectivity index (χ2n) is 12.5. The van der Waals surface area contributed by atoms with Gasteiger partial charge in [0.1, 0.15) is 0 Å². The fourth-order valence-electron chi connectivity index (χ4n) is 6.24. The molecule has 0 aromatic heterocycles. The highest BCUT2D eigenvalue weighted by Gasteiger charge is 2.14. The van der Waals surface area contributed by atoms with Crippen molar-refractivity contribution >= 4 is 37.7 Å². The van der Waals surface area contributed by atoms with Gasteiger partial charge in [0.2, 0.25) is 0 Å². The van der Waals surface area contributed by atoms with Gasteiger partial charge in [-0.25, -0.2) is 0 Å². The van der Waals surface area contributed by atoms with Crippen molar-refractivity contribution in [3.05, 3.63) is 164 Å². The van der Waals surface area contributed by atoms with Crippen molar-refractivity contribution in [1.82, 2.24) is 0 Å². The van der Waals surface area contributed by atoms with Crippen LogP contribution in [0.2, 0.25) is 0 Å². The van der Waals surface area contributed by atoms with Gasteiger partial charge < -0.3 is 30.1 Å². The zero-order chi connectivity index (χ0) is 35.5. The molecule has 7 rings (SSSR count). The summed E-state index contributed by atoms with van der Waals surface area (Å²) in [7, 11) is -4.51. The van der Waals surface area contributed by atoms with Gasteiger partial charge in [-0.05, 0) is 101 Å². The molecule has 7 aromatic rings. The first-order chi connectivity index (χ1) is 24.7. The van der Waals surface area contributed by atoms with Crippen molar-refractivity contribution < 1.29 is 30.1 Å². The Morgan fingerprint density at radius 2 is 0.333 bits per heavy atom. The SMILES string of the molecule is OB(O)c1ccc(-c2ccc(-c3cc(-c4ccc(-c5ccc(B(O)O)cc5)cc4)cc(-c4ccc(-c5ccc(B(O)O)cc5)cc4)c3)cc2)cc1. The molecule has 9 heteroatoms. The van der Waals surface area contributed by atoms with Gasteiger partial charge >= 0.3 is 21.4 Å². The summed E-state index contributed by atoms with van der Waals surface area (Å²) < 4.78 is 0. The lowest BCUT2D eigenvalue weighted by Gasteiger charge is -2.13. The van der Waals surface area contributed by atoms with Crippen LogP contribution in [0, 0.1) is 0 Å². The van der Waals surface area contributed by atoms with E-state index in [0.29, 0.717) is 16.4 Å². The summed E-state index contributed by atoms with van der Waals surface area (Å²) in [5.74, 6) is 0. The van der Waals surface area contributed by atoms with E-state index >= 15 is 0 Å². The molecule has 0 fully saturated rings. The molecule has 0 atom stereocenters. The largest absolute Gasteiger partial charge is 0.488 e. The zero-order valence-corrected chi connectivity index (χ0v) is 27.5. The molecule has 6 N–H and O–H groups in total. The maximum absolute atomic E-state index is 9.46. The van der Waals surface area contributed by atoms with Crippen molar-refractivity contribution in [2.24, 2.45) is 0 Å². The van der Waals surface area contributed by atoms with Crippen LogP contribution < -0.4 is 16.4 Å². The number of hydrogen-bond acceptors (Lipinski definition) is 6. The van der Waals surface area contributed by atoms with Gasteiger partial charge in [-0.15, -0.1) is 0 Å². The highest BCUT2D eigenvalue weighted by atomic mass is 16.4. The van der Waals surface area contributed by atoms with E-state index in [2.05, 4.69) is 91.0 Å². The standard InChI is InChI=1S/C42H33B3O6/c46-43(47)40-19-13-31(14-20-40)28-1-7-34(8-2-28)37-25-38(35-9-3-29(4-10-35)32-15-21-41(22-16-32)44(48)49)27-39(26-37)36-11-5-30(6-12-36)33-17-23-42(24-18-33)45(50)51/h1-27,46-51H. The van der Waals surface area contributed by atoms with E-state index in [4.69, 9.17) is 0 Å². The Labute approximate surface area is 297 Å². The molecule has 0 saturated heterocycles. The third kappa shape index (κ3) is 7.65. The highest BCUT2D eigenvalue weighted by Crippen LogP contribution is 2.35. The van der Waals surface area contributed by atoms with Gasteiger partial charge in [0, 0.05) is 0 Å². The topological polar surface area (TPSA) is 121 Å². The lowest BCUT2D eigenvalue weighted by Crippen LogP contribution is -2.29. The molecule has 51 heavy (non-hydrogen) atoms. The molecule has 0 aliphatic rings. The van der Waals surface area contributed by atoms with Crippen LogP contribution in [0.5, 0.6) is 0 Å². The van der Waals surface area contributed by atoms with Crippen LogP contribution in [-0.4, -0.2) is 51.5 Å². The average Bonchev–Trinajstić information content (AvgIpc) is 3.18. The molecular weight excluding hydrogens is 633 g/mol. The quantitative estimate of drug-likeness (QED) is 0.124. The van der Waals surface area contributed by atoms with Crippen LogP contribution in [0.3, 0.4) is 0 Å². The van der Waals surface area contributed by atoms with Gasteiger partial charge in [-0.3, -0.25) is 0 Å². The summed E-state index contributed by atoms with van der Waals surface area (Å²) in [5, 5.41) is 56.8. The van der Waals surface area contributed by atoms with Crippen LogP contribution in [-0.2, 0) is 0 Å². The summed E-state index contributed by atoms with van der Waals surface area (Å²) in [6, 6.07) is 53.1. The van der Waals surface area contributed by atoms with E-state index in [1.807, 2.05) is 36.4 Å². The third-order valence-electron chi connectivity index (χ3n) is 9.21. The summed E-state index contributed by atoms with van der Waals surface area (Å²) in [5.41, 5.74) is 13.6. The van der Waals surface area contributed by atoms with Crippen LogP contribution in [0.15, 0.2) is 164 Å². The maximum atomic E-state index is 9.46. The van der Waals surface area contributed by atoms with Crippen LogP contribution in [0.4, 0.5) is 0 Å². The van der Waals surface area contributed by atoms with Crippen LogP contribution in [0.25, 0.3) is 66.8 Å². The average molecular weight is 666 g/mol. The third-order valence-corrected chi connectivity index (χ3v) is 9.21. The Bertz CT molecular complexity index is 1960. The molecule has 0 heterocycles. The van der Waals surface area contributed by atoms with Gasteiger partial charge in [0.25, 0.3) is 0 Å². The minimum absolute atomic E-state index is 0.444. The van der Waals surface area contributed by atoms with Gasteiger partial charge in [0.05, 0.1) is 0 Å². The Hall–Kier alpha value is -5.51. The minimum Gasteiger partial charge on any atom is -0.423 e. The summed E-state index contributed by atoms with van der Waals surface area (Å²) in [6.07, 6.45) is 0. The van der Waals surface area contributed by atoms with E-state index < -0.39 is 21.4 Å². The fourth-order valence-corrected chi connectivity index (χ4v) is 6.24. The fraction of sp³-hybridized carbons (Fsp3) is 0. The number of hydrogen-bond donors (Lipinski definition) is 6. The van der Waals surface area contributed by atoms with E-state index in [1.54, 1.807) is 36.4 Å². The Balaban J connectivity index is 1.23. The lowest BCUT2D eigenvalue weighted by atomic mass is 9.80. The molecule has 0 saturated carbocycles. The van der Waals surface area contributed by atoms with Crippen molar-refractivity contribution in [2.75, 3.05) is 0 Å². The summed E-state index contributed by atoms with van der Waals surface area (Å²) in [4.78, 5) is 0. The monoisotopic (exact) mass is 666 g/mol. The van der Waals surface area contributed by atoms with Crippen molar-refractivity contribution in [3.63, 3.8) is 0 Å². The van der Waals surface area contributed by atoms with E-state index in [9.17, 15) is 30.1 Å². The molecule has 0 bridgehead atoms. The van der Waals surface area contributed by atoms with Crippen molar-refractivity contribution in [1.29, 1.82) is 0 Å². The first kappa shape index (κ1) is 34.0. The predicted octanol–water partition coefficient (Wildman–Crippen LogP) is 4.73. The molecule has 7 aromatic carbocycles. The Morgan fingerprint density at radius 1 is 0.196 bits per heavy atom. The normalized spacial score (nSPS) is 10.9. The smallest absolute Gasteiger partial charge is 0.423 e. The molecule has 0 amide bonds. The second kappa shape index (κ2) is 14.8. The molecular formula is C42H33B3O6. The Kier molecular flexibility index (Phi) is 9.84. The maximum Gasteiger partial charge on any atom is 0.488 e. The molecule has 0 spiro atoms. The van der Waals surface area contributed by atoms with Crippen LogP contribution >= 0.6 is 0 Å². The van der Waals surface area contributed by atoms with Gasteiger partial charge in [0.15, 0.2) is 0 Å². The second-order valence-corrected chi connectivity index (χ2v) is 12.5. The van der Waals surface area contributed by atoms with E-state index in [0.717, 1.165) is 66.8 Å². The zero-order valence-electron chi connectivity index (χ0n) is 27.5. The molecule has 0 aliphatic heterocycles.